The van der Waals surface area contributed by atoms with Gasteiger partial charge in [0.1, 0.15) is 18.0 Å². The Bertz CT molecular complexity index is 1000. The summed E-state index contributed by atoms with van der Waals surface area (Å²) in [6, 6.07) is 7.45. The first-order chi connectivity index (χ1) is 13.4. The van der Waals surface area contributed by atoms with Crippen molar-refractivity contribution in [3.05, 3.63) is 46.4 Å². The molecule has 0 aliphatic carbocycles. The van der Waals surface area contributed by atoms with Crippen LogP contribution in [0, 0.1) is 6.92 Å². The highest BCUT2D eigenvalue weighted by molar-refractivity contribution is 6.32. The molecule has 1 amide bonds. The highest BCUT2D eigenvalue weighted by Crippen LogP contribution is 2.31. The van der Waals surface area contributed by atoms with Crippen molar-refractivity contribution in [2.45, 2.75) is 45.4 Å². The third-order valence-electron chi connectivity index (χ3n) is 4.91. The molecule has 1 aromatic carbocycles. The van der Waals surface area contributed by atoms with Gasteiger partial charge in [-0.3, -0.25) is 4.79 Å². The first kappa shape index (κ1) is 18.8. The van der Waals surface area contributed by atoms with Crippen molar-refractivity contribution < 1.29 is 18.8 Å². The van der Waals surface area contributed by atoms with E-state index in [1.165, 1.54) is 0 Å². The summed E-state index contributed by atoms with van der Waals surface area (Å²) in [5.41, 5.74) is 1.83. The molecule has 1 atom stereocenters. The molecule has 2 N–H and O–H groups in total. The molecule has 0 unspecified atom stereocenters. The molecule has 2 aromatic heterocycles. The Morgan fingerprint density at radius 3 is 2.96 bits per heavy atom. The lowest BCUT2D eigenvalue weighted by Gasteiger charge is -2.21. The molecule has 28 heavy (non-hydrogen) atoms. The number of benzene rings is 1. The van der Waals surface area contributed by atoms with E-state index in [4.69, 9.17) is 25.6 Å². The van der Waals surface area contributed by atoms with E-state index in [1.54, 1.807) is 0 Å². The average Bonchev–Trinajstić information content (AvgIpc) is 3.38. The lowest BCUT2D eigenvalue weighted by Crippen LogP contribution is -2.43. The summed E-state index contributed by atoms with van der Waals surface area (Å²) in [4.78, 5) is 15.7. The van der Waals surface area contributed by atoms with Crippen LogP contribution in [0.3, 0.4) is 0 Å². The van der Waals surface area contributed by atoms with E-state index >= 15 is 0 Å². The summed E-state index contributed by atoms with van der Waals surface area (Å²) < 4.78 is 16.5. The monoisotopic (exact) mass is 403 g/mol. The highest BCUT2D eigenvalue weighted by Gasteiger charge is 2.37. The number of halogens is 1. The second kappa shape index (κ2) is 7.48. The van der Waals surface area contributed by atoms with Crippen molar-refractivity contribution in [2.75, 3.05) is 6.61 Å². The molecule has 7 nitrogen and oxygen atoms in total. The van der Waals surface area contributed by atoms with Crippen LogP contribution in [0.25, 0.3) is 10.9 Å². The summed E-state index contributed by atoms with van der Waals surface area (Å²) in [5.74, 6) is 1.09. The standard InChI is InChI=1S/C20H22ClN3O4/c1-12-6-15(28-24-12)11-26-18-9-17-13(8-16(18)21)7-14(23-17)10-22-19(25)20(2)4-3-5-27-20/h6-9,23H,3-5,10-11H2,1-2H3,(H,22,25)/t20-/m1/s1. The molecule has 1 aliphatic rings. The maximum atomic E-state index is 12.4. The van der Waals surface area contributed by atoms with Crippen LogP contribution in [0.15, 0.2) is 28.8 Å². The van der Waals surface area contributed by atoms with Crippen molar-refractivity contribution in [1.82, 2.24) is 15.5 Å². The predicted molar refractivity (Wildman–Crippen MR) is 104 cm³/mol. The highest BCUT2D eigenvalue weighted by atomic mass is 35.5. The molecular formula is C20H22ClN3O4. The first-order valence-electron chi connectivity index (χ1n) is 9.21. The fourth-order valence-electron chi connectivity index (χ4n) is 3.35. The number of aromatic nitrogens is 2. The van der Waals surface area contributed by atoms with Gasteiger partial charge in [0.25, 0.3) is 5.91 Å². The van der Waals surface area contributed by atoms with Crippen LogP contribution in [-0.2, 0) is 22.7 Å². The van der Waals surface area contributed by atoms with Gasteiger partial charge in [-0.15, -0.1) is 0 Å². The predicted octanol–water partition coefficient (Wildman–Crippen LogP) is 3.88. The number of aromatic amines is 1. The molecule has 0 saturated carbocycles. The Balaban J connectivity index is 1.44. The number of H-pyrrole nitrogens is 1. The van der Waals surface area contributed by atoms with Gasteiger partial charge in [-0.2, -0.15) is 0 Å². The van der Waals surface area contributed by atoms with Crippen molar-refractivity contribution in [1.29, 1.82) is 0 Å². The molecule has 0 radical (unpaired) electrons. The molecule has 3 heterocycles. The Labute approximate surface area is 167 Å². The van der Waals surface area contributed by atoms with Crippen molar-refractivity contribution in [3.63, 3.8) is 0 Å². The van der Waals surface area contributed by atoms with Crippen LogP contribution in [-0.4, -0.2) is 28.3 Å². The minimum Gasteiger partial charge on any atom is -0.484 e. The molecule has 8 heteroatoms. The fourth-order valence-corrected chi connectivity index (χ4v) is 3.58. The number of rotatable bonds is 6. The molecule has 1 fully saturated rings. The minimum atomic E-state index is -0.727. The number of fused-ring (bicyclic) bond motifs is 1. The van der Waals surface area contributed by atoms with Gasteiger partial charge in [0.2, 0.25) is 0 Å². The Morgan fingerprint density at radius 1 is 1.39 bits per heavy atom. The number of aryl methyl sites for hydroxylation is 1. The van der Waals surface area contributed by atoms with Gasteiger partial charge >= 0.3 is 0 Å². The molecule has 3 aromatic rings. The summed E-state index contributed by atoms with van der Waals surface area (Å²) in [7, 11) is 0. The number of nitrogens with one attached hydrogen (secondary N) is 2. The lowest BCUT2D eigenvalue weighted by molar-refractivity contribution is -0.139. The van der Waals surface area contributed by atoms with E-state index in [9.17, 15) is 4.79 Å². The Morgan fingerprint density at radius 2 is 2.25 bits per heavy atom. The van der Waals surface area contributed by atoms with E-state index in [-0.39, 0.29) is 12.5 Å². The second-order valence-corrected chi connectivity index (χ2v) is 7.66. The largest absolute Gasteiger partial charge is 0.484 e. The number of nitrogens with zero attached hydrogens (tertiary/aromatic N) is 1. The summed E-state index contributed by atoms with van der Waals surface area (Å²) in [6.07, 6.45) is 1.65. The van der Waals surface area contributed by atoms with Gasteiger partial charge in [0, 0.05) is 35.3 Å². The van der Waals surface area contributed by atoms with Crippen LogP contribution >= 0.6 is 11.6 Å². The Hall–Kier alpha value is -2.51. The van der Waals surface area contributed by atoms with Crippen LogP contribution in [0.1, 0.15) is 36.9 Å². The van der Waals surface area contributed by atoms with Crippen molar-refractivity contribution in [2.24, 2.45) is 0 Å². The van der Waals surface area contributed by atoms with Gasteiger partial charge in [-0.25, -0.2) is 0 Å². The van der Waals surface area contributed by atoms with Gasteiger partial charge in [0.05, 0.1) is 17.3 Å². The average molecular weight is 404 g/mol. The van der Waals surface area contributed by atoms with Gasteiger partial charge in [-0.1, -0.05) is 16.8 Å². The molecule has 0 spiro atoms. The molecule has 1 aliphatic heterocycles. The van der Waals surface area contributed by atoms with Crippen LogP contribution in [0.4, 0.5) is 0 Å². The summed E-state index contributed by atoms with van der Waals surface area (Å²) >= 11 is 6.34. The zero-order valence-electron chi connectivity index (χ0n) is 15.8. The van der Waals surface area contributed by atoms with E-state index in [1.807, 2.05) is 38.1 Å². The number of carbonyl (C=O) groups is 1. The summed E-state index contributed by atoms with van der Waals surface area (Å²) in [6.45, 7) is 4.95. The normalized spacial score (nSPS) is 19.2. The third kappa shape index (κ3) is 3.86. The SMILES string of the molecule is Cc1cc(COc2cc3[nH]c(CNC(=O)[C@@]4(C)CCCO4)cc3cc2Cl)on1. The zero-order chi connectivity index (χ0) is 19.7. The van der Waals surface area contributed by atoms with E-state index in [0.29, 0.717) is 29.7 Å². The maximum Gasteiger partial charge on any atom is 0.252 e. The lowest BCUT2D eigenvalue weighted by atomic mass is 10.0. The van der Waals surface area contributed by atoms with E-state index < -0.39 is 5.60 Å². The number of hydrogen-bond donors (Lipinski definition) is 2. The quantitative estimate of drug-likeness (QED) is 0.651. The van der Waals surface area contributed by atoms with Gasteiger partial charge in [0.15, 0.2) is 5.76 Å². The van der Waals surface area contributed by atoms with Crippen LogP contribution in [0.5, 0.6) is 5.75 Å². The molecule has 4 rings (SSSR count). The fraction of sp³-hybridized carbons (Fsp3) is 0.400. The minimum absolute atomic E-state index is 0.0898. The third-order valence-corrected chi connectivity index (χ3v) is 5.21. The number of ether oxygens (including phenoxy) is 2. The van der Waals surface area contributed by atoms with Gasteiger partial charge in [-0.05, 0) is 38.8 Å². The molecule has 148 valence electrons. The number of hydrogen-bond acceptors (Lipinski definition) is 5. The zero-order valence-corrected chi connectivity index (χ0v) is 16.6. The number of carbonyl (C=O) groups excluding carboxylic acids is 1. The van der Waals surface area contributed by atoms with Crippen molar-refractivity contribution >= 4 is 28.4 Å². The molecule has 0 bridgehead atoms. The van der Waals surface area contributed by atoms with E-state index in [0.717, 1.165) is 35.1 Å². The first-order valence-corrected chi connectivity index (χ1v) is 9.59. The smallest absolute Gasteiger partial charge is 0.252 e. The summed E-state index contributed by atoms with van der Waals surface area (Å²) in [5, 5.41) is 8.23. The van der Waals surface area contributed by atoms with E-state index in [2.05, 4.69) is 15.5 Å². The molecule has 1 saturated heterocycles. The molecular weight excluding hydrogens is 382 g/mol. The van der Waals surface area contributed by atoms with Crippen LogP contribution < -0.4 is 10.1 Å². The van der Waals surface area contributed by atoms with Crippen molar-refractivity contribution in [3.8, 4) is 5.75 Å². The van der Waals surface area contributed by atoms with Gasteiger partial charge < -0.3 is 24.3 Å². The maximum absolute atomic E-state index is 12.4. The number of amides is 1. The Kier molecular flexibility index (Phi) is 5.03. The van der Waals surface area contributed by atoms with Crippen LogP contribution in [0.2, 0.25) is 5.02 Å². The second-order valence-electron chi connectivity index (χ2n) is 7.25. The topological polar surface area (TPSA) is 89.4 Å².